The zero-order chi connectivity index (χ0) is 18.3. The summed E-state index contributed by atoms with van der Waals surface area (Å²) in [6, 6.07) is 4.87. The largest absolute Gasteiger partial charge is 0.468 e. The number of ether oxygens (including phenoxy) is 1. The lowest BCUT2D eigenvalue weighted by atomic mass is 9.85. The van der Waals surface area contributed by atoms with Gasteiger partial charge in [0.2, 0.25) is 0 Å². The van der Waals surface area contributed by atoms with E-state index in [0.717, 1.165) is 30.2 Å². The van der Waals surface area contributed by atoms with Crippen LogP contribution in [-0.4, -0.2) is 44.8 Å². The van der Waals surface area contributed by atoms with Crippen molar-refractivity contribution in [3.05, 3.63) is 34.5 Å². The Kier molecular flexibility index (Phi) is 4.36. The van der Waals surface area contributed by atoms with E-state index < -0.39 is 4.92 Å². The minimum Gasteiger partial charge on any atom is -0.468 e. The number of benzene rings is 1. The van der Waals surface area contributed by atoms with E-state index in [1.807, 2.05) is 4.68 Å². The fourth-order valence-corrected chi connectivity index (χ4v) is 4.58. The summed E-state index contributed by atoms with van der Waals surface area (Å²) in [7, 11) is 1.44. The third-order valence-electron chi connectivity index (χ3n) is 5.83. The fourth-order valence-electron chi connectivity index (χ4n) is 4.58. The summed E-state index contributed by atoms with van der Waals surface area (Å²) < 4.78 is 6.86. The molecule has 0 N–H and O–H groups in total. The molecule has 1 aliphatic heterocycles. The van der Waals surface area contributed by atoms with Gasteiger partial charge in [-0.15, -0.1) is 0 Å². The van der Waals surface area contributed by atoms with Gasteiger partial charge >= 0.3 is 5.97 Å². The monoisotopic (exact) mass is 358 g/mol. The number of esters is 1. The van der Waals surface area contributed by atoms with Gasteiger partial charge in [0.05, 0.1) is 30.4 Å². The summed E-state index contributed by atoms with van der Waals surface area (Å²) in [5.41, 5.74) is 0.886. The Hall–Kier alpha value is -2.48. The minimum absolute atomic E-state index is 0.0537. The van der Waals surface area contributed by atoms with Crippen molar-refractivity contribution in [3.8, 4) is 0 Å². The van der Waals surface area contributed by atoms with Gasteiger partial charge < -0.3 is 4.74 Å². The quantitative estimate of drug-likeness (QED) is 0.474. The maximum Gasteiger partial charge on any atom is 0.323 e. The highest BCUT2D eigenvalue weighted by molar-refractivity contribution is 5.81. The molecular weight excluding hydrogens is 336 g/mol. The molecule has 1 saturated carbocycles. The number of non-ortho nitro benzene ring substituents is 1. The standard InChI is InChI=1S/C18H22N4O4/c1-26-18(23)17-9-12-4-2-3-5-15(12)20(17)11-21-16-7-6-14(22(24)25)8-13(16)10-19-21/h6-8,10,12,15,17H,2-5,9,11H2,1H3/t12-,15+,17+/m1/s1. The van der Waals surface area contributed by atoms with E-state index in [9.17, 15) is 14.9 Å². The van der Waals surface area contributed by atoms with Crippen LogP contribution in [0.2, 0.25) is 0 Å². The van der Waals surface area contributed by atoms with Crippen molar-refractivity contribution < 1.29 is 14.5 Å². The average molecular weight is 358 g/mol. The SMILES string of the molecule is COC(=O)[C@@H]1C[C@H]2CCCC[C@@H]2N1Cn1ncc2cc([N+](=O)[O-])ccc21. The van der Waals surface area contributed by atoms with Gasteiger partial charge in [-0.2, -0.15) is 5.10 Å². The van der Waals surface area contributed by atoms with Crippen molar-refractivity contribution in [3.63, 3.8) is 0 Å². The molecular formula is C18H22N4O4. The van der Waals surface area contributed by atoms with Crippen LogP contribution in [0, 0.1) is 16.0 Å². The molecule has 1 aromatic heterocycles. The molecule has 26 heavy (non-hydrogen) atoms. The van der Waals surface area contributed by atoms with Gasteiger partial charge in [0.1, 0.15) is 6.04 Å². The molecule has 8 nitrogen and oxygen atoms in total. The molecule has 2 aromatic rings. The number of nitro benzene ring substituents is 1. The van der Waals surface area contributed by atoms with E-state index >= 15 is 0 Å². The molecule has 0 amide bonds. The van der Waals surface area contributed by atoms with Gasteiger partial charge in [0, 0.05) is 23.6 Å². The van der Waals surface area contributed by atoms with Gasteiger partial charge in [0.25, 0.3) is 5.69 Å². The zero-order valence-electron chi connectivity index (χ0n) is 14.7. The third kappa shape index (κ3) is 2.84. The Balaban J connectivity index is 1.64. The summed E-state index contributed by atoms with van der Waals surface area (Å²) in [6.45, 7) is 0.488. The van der Waals surface area contributed by atoms with Crippen molar-refractivity contribution in [1.29, 1.82) is 0 Å². The smallest absolute Gasteiger partial charge is 0.323 e. The number of hydrogen-bond acceptors (Lipinski definition) is 6. The first-order valence-electron chi connectivity index (χ1n) is 9.02. The molecule has 4 rings (SSSR count). The number of carbonyl (C=O) groups excluding carboxylic acids is 1. The number of methoxy groups -OCH3 is 1. The second kappa shape index (κ2) is 6.68. The highest BCUT2D eigenvalue weighted by Gasteiger charge is 2.45. The Morgan fingerprint density at radius 1 is 1.38 bits per heavy atom. The molecule has 2 heterocycles. The van der Waals surface area contributed by atoms with Crippen LogP contribution in [0.4, 0.5) is 5.69 Å². The van der Waals surface area contributed by atoms with Crippen molar-refractivity contribution >= 4 is 22.6 Å². The summed E-state index contributed by atoms with van der Waals surface area (Å²) in [6.07, 6.45) is 7.12. The van der Waals surface area contributed by atoms with Crippen molar-refractivity contribution in [2.24, 2.45) is 5.92 Å². The molecule has 1 saturated heterocycles. The summed E-state index contributed by atoms with van der Waals surface area (Å²) in [5, 5.41) is 16.1. The molecule has 138 valence electrons. The van der Waals surface area contributed by atoms with Crippen LogP contribution >= 0.6 is 0 Å². The Bertz CT molecular complexity index is 849. The fraction of sp³-hybridized carbons (Fsp3) is 0.556. The van der Waals surface area contributed by atoms with Crippen LogP contribution in [0.25, 0.3) is 10.9 Å². The van der Waals surface area contributed by atoms with Crippen molar-refractivity contribution in [1.82, 2.24) is 14.7 Å². The predicted molar refractivity (Wildman–Crippen MR) is 94.4 cm³/mol. The van der Waals surface area contributed by atoms with E-state index in [4.69, 9.17) is 4.74 Å². The van der Waals surface area contributed by atoms with Crippen LogP contribution in [0.3, 0.4) is 0 Å². The third-order valence-corrected chi connectivity index (χ3v) is 5.83. The Labute approximate surface area is 150 Å². The molecule has 2 fully saturated rings. The number of nitro groups is 1. The lowest BCUT2D eigenvalue weighted by Gasteiger charge is -2.33. The predicted octanol–water partition coefficient (Wildman–Crippen LogP) is 2.71. The number of likely N-dealkylation sites (tertiary alicyclic amines) is 1. The Morgan fingerprint density at radius 3 is 2.96 bits per heavy atom. The molecule has 3 atom stereocenters. The summed E-state index contributed by atoms with van der Waals surface area (Å²) >= 11 is 0. The van der Waals surface area contributed by atoms with E-state index in [2.05, 4.69) is 10.00 Å². The summed E-state index contributed by atoms with van der Waals surface area (Å²) in [5.74, 6) is 0.335. The number of nitrogens with zero attached hydrogens (tertiary/aromatic N) is 4. The van der Waals surface area contributed by atoms with Crippen LogP contribution < -0.4 is 0 Å². The summed E-state index contributed by atoms with van der Waals surface area (Å²) in [4.78, 5) is 25.1. The second-order valence-corrected chi connectivity index (χ2v) is 7.19. The molecule has 0 bridgehead atoms. The van der Waals surface area contributed by atoms with E-state index in [-0.39, 0.29) is 17.7 Å². The molecule has 0 unspecified atom stereocenters. The highest BCUT2D eigenvalue weighted by Crippen LogP contribution is 2.40. The topological polar surface area (TPSA) is 90.5 Å². The first-order chi connectivity index (χ1) is 12.6. The van der Waals surface area contributed by atoms with Crippen LogP contribution in [0.15, 0.2) is 24.4 Å². The molecule has 8 heteroatoms. The lowest BCUT2D eigenvalue weighted by Crippen LogP contribution is -2.43. The minimum atomic E-state index is -0.406. The first kappa shape index (κ1) is 17.0. The highest BCUT2D eigenvalue weighted by atomic mass is 16.6. The number of hydrogen-bond donors (Lipinski definition) is 0. The van der Waals surface area contributed by atoms with Gasteiger partial charge in [-0.05, 0) is 31.2 Å². The molecule has 0 radical (unpaired) electrons. The van der Waals surface area contributed by atoms with Gasteiger partial charge in [-0.1, -0.05) is 12.8 Å². The van der Waals surface area contributed by atoms with Gasteiger partial charge in [0.15, 0.2) is 0 Å². The van der Waals surface area contributed by atoms with Crippen LogP contribution in [0.5, 0.6) is 0 Å². The maximum absolute atomic E-state index is 12.3. The Morgan fingerprint density at radius 2 is 2.19 bits per heavy atom. The lowest BCUT2D eigenvalue weighted by molar-refractivity contribution is -0.384. The normalized spacial score (nSPS) is 26.0. The second-order valence-electron chi connectivity index (χ2n) is 7.19. The van der Waals surface area contributed by atoms with E-state index in [1.54, 1.807) is 12.3 Å². The number of fused-ring (bicyclic) bond motifs is 2. The van der Waals surface area contributed by atoms with Crippen LogP contribution in [-0.2, 0) is 16.2 Å². The van der Waals surface area contributed by atoms with Gasteiger partial charge in [-0.25, -0.2) is 0 Å². The van der Waals surface area contributed by atoms with Crippen LogP contribution in [0.1, 0.15) is 32.1 Å². The zero-order valence-corrected chi connectivity index (χ0v) is 14.7. The maximum atomic E-state index is 12.3. The van der Waals surface area contributed by atoms with Crippen molar-refractivity contribution in [2.45, 2.75) is 50.9 Å². The molecule has 1 aliphatic carbocycles. The molecule has 1 aromatic carbocycles. The first-order valence-corrected chi connectivity index (χ1v) is 9.02. The number of carbonyl (C=O) groups is 1. The van der Waals surface area contributed by atoms with E-state index in [0.29, 0.717) is 18.6 Å². The number of rotatable bonds is 4. The van der Waals surface area contributed by atoms with E-state index in [1.165, 1.54) is 32.1 Å². The molecule has 2 aliphatic rings. The molecule has 0 spiro atoms. The van der Waals surface area contributed by atoms with Crippen molar-refractivity contribution in [2.75, 3.05) is 7.11 Å². The number of aromatic nitrogens is 2. The van der Waals surface area contributed by atoms with Gasteiger partial charge in [-0.3, -0.25) is 24.5 Å². The average Bonchev–Trinajstić information content (AvgIpc) is 3.23.